The zero-order chi connectivity index (χ0) is 29.3. The monoisotopic (exact) mass is 565 g/mol. The molecule has 0 atom stereocenters. The predicted molar refractivity (Wildman–Crippen MR) is 177 cm³/mol. The first-order valence-corrected chi connectivity index (χ1v) is 14.7. The molecule has 0 bridgehead atoms. The Morgan fingerprint density at radius 2 is 0.864 bits per heavy atom. The Labute approximate surface area is 256 Å². The summed E-state index contributed by atoms with van der Waals surface area (Å²) in [7, 11) is 0. The summed E-state index contributed by atoms with van der Waals surface area (Å²) in [6.45, 7) is 0.588. The quantitative estimate of drug-likeness (QED) is 0.208. The van der Waals surface area contributed by atoms with Gasteiger partial charge in [0.1, 0.15) is 12.4 Å². The smallest absolute Gasteiger partial charge is 0.164 e. The van der Waals surface area contributed by atoms with Crippen molar-refractivity contribution >= 4 is 0 Å². The maximum atomic E-state index is 6.13. The normalized spacial score (nSPS) is 11.7. The number of aromatic nitrogens is 3. The summed E-state index contributed by atoms with van der Waals surface area (Å²) in [5, 5.41) is 0. The van der Waals surface area contributed by atoms with Gasteiger partial charge in [-0.15, -0.1) is 0 Å². The molecule has 0 spiro atoms. The third-order valence-electron chi connectivity index (χ3n) is 8.07. The number of rotatable bonds is 5. The van der Waals surface area contributed by atoms with Gasteiger partial charge < -0.3 is 4.74 Å². The van der Waals surface area contributed by atoms with Crippen LogP contribution >= 0.6 is 0 Å². The Morgan fingerprint density at radius 3 is 1.59 bits per heavy atom. The fourth-order valence-electron chi connectivity index (χ4n) is 5.90. The molecule has 1 aliphatic heterocycles. The summed E-state index contributed by atoms with van der Waals surface area (Å²) in [5.41, 5.74) is 10.8. The van der Waals surface area contributed by atoms with Crippen molar-refractivity contribution in [2.45, 2.75) is 6.61 Å². The molecule has 1 aromatic heterocycles. The first-order valence-electron chi connectivity index (χ1n) is 14.7. The summed E-state index contributed by atoms with van der Waals surface area (Å²) in [6, 6.07) is 52.0. The van der Waals surface area contributed by atoms with E-state index >= 15 is 0 Å². The third-order valence-corrected chi connectivity index (χ3v) is 8.07. The average molecular weight is 566 g/mol. The van der Waals surface area contributed by atoms with Crippen LogP contribution in [0.3, 0.4) is 0 Å². The Balaban J connectivity index is 1.24. The summed E-state index contributed by atoms with van der Waals surface area (Å²) in [4.78, 5) is 15.0. The Kier molecular flexibility index (Phi) is 6.50. The van der Waals surface area contributed by atoms with Crippen LogP contribution < -0.4 is 4.74 Å². The third kappa shape index (κ3) is 4.73. The van der Waals surface area contributed by atoms with Gasteiger partial charge in [-0.2, -0.15) is 0 Å². The van der Waals surface area contributed by atoms with Gasteiger partial charge in [0.2, 0.25) is 0 Å². The largest absolute Gasteiger partial charge is 0.488 e. The SMILES string of the molecule is c1ccc(-c2nc(-c3ccc(-c4cccc5c4-c4ccccc4CO5)cc3)nc(-c3ccccc3-c3ccccc3)n2)cc1. The first-order chi connectivity index (χ1) is 21.8. The van der Waals surface area contributed by atoms with Crippen LogP contribution in [0.1, 0.15) is 5.56 Å². The van der Waals surface area contributed by atoms with Gasteiger partial charge in [0, 0.05) is 22.3 Å². The highest BCUT2D eigenvalue weighted by atomic mass is 16.5. The summed E-state index contributed by atoms with van der Waals surface area (Å²) in [6.07, 6.45) is 0. The van der Waals surface area contributed by atoms with E-state index in [-0.39, 0.29) is 0 Å². The van der Waals surface area contributed by atoms with Crippen molar-refractivity contribution in [3.8, 4) is 73.3 Å². The molecule has 0 aliphatic carbocycles. The summed E-state index contributed by atoms with van der Waals surface area (Å²) >= 11 is 0. The van der Waals surface area contributed by atoms with Crippen molar-refractivity contribution in [1.29, 1.82) is 0 Å². The number of nitrogens with zero attached hydrogens (tertiary/aromatic N) is 3. The predicted octanol–water partition coefficient (Wildman–Crippen LogP) is 9.77. The second-order valence-corrected chi connectivity index (χ2v) is 10.8. The number of ether oxygens (including phenoxy) is 1. The van der Waals surface area contributed by atoms with Gasteiger partial charge in [-0.3, -0.25) is 0 Å². The topological polar surface area (TPSA) is 47.9 Å². The van der Waals surface area contributed by atoms with Gasteiger partial charge in [-0.25, -0.2) is 15.0 Å². The standard InChI is InChI=1S/C40H27N3O/c1-3-12-27(13-4-1)32-17-9-10-19-35(32)40-42-38(29-14-5-2-6-15-29)41-39(43-40)30-24-22-28(23-25-30)33-20-11-21-36-37(33)34-18-8-7-16-31(34)26-44-36/h1-25H,26H2. The molecule has 6 aromatic carbocycles. The van der Waals surface area contributed by atoms with E-state index in [1.807, 2.05) is 48.5 Å². The molecule has 4 nitrogen and oxygen atoms in total. The lowest BCUT2D eigenvalue weighted by atomic mass is 9.89. The van der Waals surface area contributed by atoms with Crippen LogP contribution in [0, 0.1) is 0 Å². The van der Waals surface area contributed by atoms with E-state index in [9.17, 15) is 0 Å². The lowest BCUT2D eigenvalue weighted by Gasteiger charge is -2.23. The summed E-state index contributed by atoms with van der Waals surface area (Å²) in [5.74, 6) is 2.83. The van der Waals surface area contributed by atoms with Crippen LogP contribution in [0.2, 0.25) is 0 Å². The summed E-state index contributed by atoms with van der Waals surface area (Å²) < 4.78 is 6.13. The minimum Gasteiger partial charge on any atom is -0.488 e. The average Bonchev–Trinajstić information content (AvgIpc) is 3.12. The van der Waals surface area contributed by atoms with E-state index < -0.39 is 0 Å². The van der Waals surface area contributed by atoms with Gasteiger partial charge in [-0.1, -0.05) is 146 Å². The highest BCUT2D eigenvalue weighted by Gasteiger charge is 2.21. The van der Waals surface area contributed by atoms with Gasteiger partial charge in [-0.05, 0) is 39.4 Å². The van der Waals surface area contributed by atoms with Crippen LogP contribution in [0.25, 0.3) is 67.5 Å². The van der Waals surface area contributed by atoms with Gasteiger partial charge in [0.15, 0.2) is 17.5 Å². The molecule has 8 rings (SSSR count). The number of benzene rings is 6. The molecule has 0 N–H and O–H groups in total. The van der Waals surface area contributed by atoms with Crippen molar-refractivity contribution < 1.29 is 4.74 Å². The molecule has 0 saturated carbocycles. The van der Waals surface area contributed by atoms with E-state index in [1.165, 1.54) is 11.1 Å². The molecule has 2 heterocycles. The fraction of sp³-hybridized carbons (Fsp3) is 0.0250. The lowest BCUT2D eigenvalue weighted by molar-refractivity contribution is 0.302. The maximum Gasteiger partial charge on any atom is 0.164 e. The van der Waals surface area contributed by atoms with Crippen molar-refractivity contribution in [2.75, 3.05) is 0 Å². The van der Waals surface area contributed by atoms with Crippen LogP contribution in [0.15, 0.2) is 152 Å². The molecule has 44 heavy (non-hydrogen) atoms. The minimum atomic E-state index is 0.588. The Bertz CT molecular complexity index is 2110. The number of hydrogen-bond donors (Lipinski definition) is 0. The second kappa shape index (κ2) is 11.1. The minimum absolute atomic E-state index is 0.588. The molecular formula is C40H27N3O. The maximum absolute atomic E-state index is 6.13. The molecule has 0 unspecified atom stereocenters. The molecule has 1 aliphatic rings. The number of hydrogen-bond acceptors (Lipinski definition) is 4. The van der Waals surface area contributed by atoms with Gasteiger partial charge in [0.05, 0.1) is 0 Å². The molecule has 4 heteroatoms. The highest BCUT2D eigenvalue weighted by molar-refractivity contribution is 5.90. The fourth-order valence-corrected chi connectivity index (χ4v) is 5.90. The van der Waals surface area contributed by atoms with Crippen LogP contribution in [0.5, 0.6) is 5.75 Å². The number of fused-ring (bicyclic) bond motifs is 3. The molecular weight excluding hydrogens is 538 g/mol. The molecule has 0 radical (unpaired) electrons. The van der Waals surface area contributed by atoms with Crippen molar-refractivity contribution in [1.82, 2.24) is 15.0 Å². The zero-order valence-electron chi connectivity index (χ0n) is 23.9. The van der Waals surface area contributed by atoms with Crippen molar-refractivity contribution in [3.63, 3.8) is 0 Å². The van der Waals surface area contributed by atoms with Gasteiger partial charge >= 0.3 is 0 Å². The van der Waals surface area contributed by atoms with E-state index in [1.54, 1.807) is 0 Å². The van der Waals surface area contributed by atoms with Crippen LogP contribution in [-0.4, -0.2) is 15.0 Å². The Hall–Kier alpha value is -5.87. The van der Waals surface area contributed by atoms with E-state index in [0.717, 1.165) is 50.3 Å². The molecule has 0 fully saturated rings. The molecule has 0 saturated heterocycles. The van der Waals surface area contributed by atoms with Crippen LogP contribution in [-0.2, 0) is 6.61 Å². The van der Waals surface area contributed by atoms with Crippen molar-refractivity contribution in [3.05, 3.63) is 157 Å². The highest BCUT2D eigenvalue weighted by Crippen LogP contribution is 2.44. The van der Waals surface area contributed by atoms with E-state index in [0.29, 0.717) is 24.1 Å². The van der Waals surface area contributed by atoms with E-state index in [4.69, 9.17) is 19.7 Å². The van der Waals surface area contributed by atoms with Crippen LogP contribution in [0.4, 0.5) is 0 Å². The molecule has 208 valence electrons. The first kappa shape index (κ1) is 25.8. The molecule has 0 amide bonds. The van der Waals surface area contributed by atoms with Gasteiger partial charge in [0.25, 0.3) is 0 Å². The van der Waals surface area contributed by atoms with E-state index in [2.05, 4.69) is 103 Å². The van der Waals surface area contributed by atoms with Crippen molar-refractivity contribution in [2.24, 2.45) is 0 Å². The zero-order valence-corrected chi connectivity index (χ0v) is 23.9. The lowest BCUT2D eigenvalue weighted by Crippen LogP contribution is -2.06. The Morgan fingerprint density at radius 1 is 0.364 bits per heavy atom. The molecule has 7 aromatic rings. The second-order valence-electron chi connectivity index (χ2n) is 10.8.